The number of nitrogens with zero attached hydrogens (tertiary/aromatic N) is 2. The van der Waals surface area contributed by atoms with E-state index in [9.17, 15) is 14.7 Å². The lowest BCUT2D eigenvalue weighted by molar-refractivity contribution is -0.136. The predicted molar refractivity (Wildman–Crippen MR) is 76.9 cm³/mol. The number of carboxylic acid groups (broad SMARTS) is 1. The van der Waals surface area contributed by atoms with Crippen LogP contribution in [0.25, 0.3) is 5.69 Å². The highest BCUT2D eigenvalue weighted by Crippen LogP contribution is 2.18. The van der Waals surface area contributed by atoms with Gasteiger partial charge in [0, 0.05) is 12.5 Å². The molecule has 0 saturated carbocycles. The maximum absolute atomic E-state index is 12.0. The van der Waals surface area contributed by atoms with Gasteiger partial charge in [0.05, 0.1) is 12.1 Å². The van der Waals surface area contributed by atoms with Gasteiger partial charge in [0.15, 0.2) is 0 Å². The lowest BCUT2D eigenvalue weighted by Gasteiger charge is -2.12. The van der Waals surface area contributed by atoms with E-state index in [4.69, 9.17) is 5.11 Å². The van der Waals surface area contributed by atoms with Crippen molar-refractivity contribution in [2.45, 2.75) is 26.7 Å². The van der Waals surface area contributed by atoms with Crippen molar-refractivity contribution < 1.29 is 15.0 Å². The van der Waals surface area contributed by atoms with Crippen LogP contribution in [0.2, 0.25) is 0 Å². The largest absolute Gasteiger partial charge is 0.506 e. The number of aromatic hydroxyl groups is 1. The van der Waals surface area contributed by atoms with Crippen molar-refractivity contribution >= 4 is 5.97 Å². The first-order valence-electron chi connectivity index (χ1n) is 6.50. The summed E-state index contributed by atoms with van der Waals surface area (Å²) in [6.07, 6.45) is -0.0993. The van der Waals surface area contributed by atoms with E-state index in [1.54, 1.807) is 6.07 Å². The number of aliphatic carboxylic acids is 1. The lowest BCUT2D eigenvalue weighted by Crippen LogP contribution is -2.22. The highest BCUT2D eigenvalue weighted by Gasteiger charge is 2.12. The smallest absolute Gasteiger partial charge is 0.303 e. The first-order valence-corrected chi connectivity index (χ1v) is 6.50. The number of hydrogen-bond acceptors (Lipinski definition) is 4. The number of carbonyl (C=O) groups is 1. The molecule has 0 aliphatic rings. The van der Waals surface area contributed by atoms with Crippen molar-refractivity contribution in [1.29, 1.82) is 0 Å². The van der Waals surface area contributed by atoms with E-state index < -0.39 is 11.5 Å². The van der Waals surface area contributed by atoms with Gasteiger partial charge in [0.2, 0.25) is 0 Å². The average Bonchev–Trinajstić information content (AvgIpc) is 2.41. The summed E-state index contributed by atoms with van der Waals surface area (Å²) in [5.74, 6) is -1.26. The molecule has 0 unspecified atom stereocenters. The topological polar surface area (TPSA) is 92.4 Å². The molecule has 2 aromatic rings. The van der Waals surface area contributed by atoms with E-state index >= 15 is 0 Å². The van der Waals surface area contributed by atoms with Crippen LogP contribution in [0.5, 0.6) is 5.75 Å². The molecule has 2 N–H and O–H groups in total. The van der Waals surface area contributed by atoms with Crippen LogP contribution in [0.15, 0.2) is 29.1 Å². The molecule has 0 spiro atoms. The Labute approximate surface area is 121 Å². The van der Waals surface area contributed by atoms with Crippen LogP contribution >= 0.6 is 0 Å². The van der Waals surface area contributed by atoms with Gasteiger partial charge in [-0.05, 0) is 31.0 Å². The quantitative estimate of drug-likeness (QED) is 0.891. The summed E-state index contributed by atoms with van der Waals surface area (Å²) in [6, 6.07) is 6.56. The first kappa shape index (κ1) is 14.8. The van der Waals surface area contributed by atoms with Crippen molar-refractivity contribution in [2.24, 2.45) is 0 Å². The molecule has 1 aromatic heterocycles. The van der Waals surface area contributed by atoms with Crippen LogP contribution in [0.1, 0.15) is 23.2 Å². The maximum atomic E-state index is 12.0. The van der Waals surface area contributed by atoms with Crippen molar-refractivity contribution in [2.75, 3.05) is 0 Å². The minimum absolute atomic E-state index is 0.0618. The summed E-state index contributed by atoms with van der Waals surface area (Å²) in [5, 5.41) is 22.5. The van der Waals surface area contributed by atoms with Crippen LogP contribution < -0.4 is 5.56 Å². The van der Waals surface area contributed by atoms with Gasteiger partial charge in [-0.3, -0.25) is 9.59 Å². The van der Waals surface area contributed by atoms with Gasteiger partial charge in [0.25, 0.3) is 5.56 Å². The summed E-state index contributed by atoms with van der Waals surface area (Å²) < 4.78 is 1.19. The fraction of sp³-hybridized carbons (Fsp3) is 0.267. The average molecular weight is 288 g/mol. The van der Waals surface area contributed by atoms with Crippen LogP contribution in [-0.2, 0) is 11.2 Å². The van der Waals surface area contributed by atoms with E-state index in [2.05, 4.69) is 5.10 Å². The second-order valence-corrected chi connectivity index (χ2v) is 4.84. The van der Waals surface area contributed by atoms with Crippen LogP contribution in [0, 0.1) is 13.8 Å². The second kappa shape index (κ2) is 5.78. The molecule has 1 aromatic carbocycles. The third-order valence-electron chi connectivity index (χ3n) is 3.37. The summed E-state index contributed by atoms with van der Waals surface area (Å²) in [4.78, 5) is 22.6. The van der Waals surface area contributed by atoms with Gasteiger partial charge in [-0.2, -0.15) is 9.78 Å². The van der Waals surface area contributed by atoms with Crippen molar-refractivity contribution in [3.05, 3.63) is 51.4 Å². The minimum atomic E-state index is -0.985. The number of aromatic nitrogens is 2. The Morgan fingerprint density at radius 1 is 1.33 bits per heavy atom. The van der Waals surface area contributed by atoms with E-state index in [-0.39, 0.29) is 24.3 Å². The van der Waals surface area contributed by atoms with Gasteiger partial charge < -0.3 is 10.2 Å². The number of aryl methyl sites for hydroxylation is 2. The third-order valence-corrected chi connectivity index (χ3v) is 3.37. The monoisotopic (exact) mass is 288 g/mol. The minimum Gasteiger partial charge on any atom is -0.506 e. The fourth-order valence-electron chi connectivity index (χ4n) is 2.02. The molecular weight excluding hydrogens is 272 g/mol. The third kappa shape index (κ3) is 3.10. The Kier molecular flexibility index (Phi) is 4.07. The molecule has 110 valence electrons. The van der Waals surface area contributed by atoms with E-state index in [1.807, 2.05) is 26.0 Å². The number of benzene rings is 1. The molecule has 0 saturated heterocycles. The normalized spacial score (nSPS) is 10.6. The van der Waals surface area contributed by atoms with Crippen LogP contribution in [0.3, 0.4) is 0 Å². The molecular formula is C15H16N2O4. The van der Waals surface area contributed by atoms with Gasteiger partial charge in [-0.1, -0.05) is 12.1 Å². The molecule has 0 fully saturated rings. The molecule has 21 heavy (non-hydrogen) atoms. The molecule has 0 bridgehead atoms. The number of rotatable bonds is 4. The Morgan fingerprint density at radius 2 is 2.05 bits per heavy atom. The van der Waals surface area contributed by atoms with Gasteiger partial charge in [-0.25, -0.2) is 0 Å². The molecule has 0 atom stereocenters. The second-order valence-electron chi connectivity index (χ2n) is 4.84. The predicted octanol–water partition coefficient (Wildman–Crippen LogP) is 1.57. The molecule has 6 nitrogen and oxygen atoms in total. The number of carboxylic acids is 1. The van der Waals surface area contributed by atoms with Crippen LogP contribution in [-0.4, -0.2) is 26.0 Å². The molecule has 0 aliphatic heterocycles. The standard InChI is InChI=1S/C15H16N2O4/c1-9-4-3-5-12(10(9)2)17-14(19)8-13(18)11(16-17)6-7-15(20)21/h3-5,8,18H,6-7H2,1-2H3,(H,20,21). The highest BCUT2D eigenvalue weighted by molar-refractivity contribution is 5.67. The van der Waals surface area contributed by atoms with Gasteiger partial charge in [0.1, 0.15) is 11.4 Å². The van der Waals surface area contributed by atoms with Crippen molar-refractivity contribution in [3.63, 3.8) is 0 Å². The highest BCUT2D eigenvalue weighted by atomic mass is 16.4. The van der Waals surface area contributed by atoms with Gasteiger partial charge in [-0.15, -0.1) is 0 Å². The zero-order valence-corrected chi connectivity index (χ0v) is 11.8. The first-order chi connectivity index (χ1) is 9.90. The Morgan fingerprint density at radius 3 is 2.71 bits per heavy atom. The Balaban J connectivity index is 2.53. The van der Waals surface area contributed by atoms with Crippen LogP contribution in [0.4, 0.5) is 0 Å². The molecule has 6 heteroatoms. The molecule has 0 aliphatic carbocycles. The summed E-state index contributed by atoms with van der Waals surface area (Å²) in [7, 11) is 0. The summed E-state index contributed by atoms with van der Waals surface area (Å²) >= 11 is 0. The lowest BCUT2D eigenvalue weighted by atomic mass is 10.1. The summed E-state index contributed by atoms with van der Waals surface area (Å²) in [5.41, 5.74) is 2.28. The van der Waals surface area contributed by atoms with E-state index in [0.29, 0.717) is 5.69 Å². The fourth-order valence-corrected chi connectivity index (χ4v) is 2.02. The van der Waals surface area contributed by atoms with Crippen molar-refractivity contribution in [1.82, 2.24) is 9.78 Å². The zero-order chi connectivity index (χ0) is 15.6. The molecule has 2 rings (SSSR count). The van der Waals surface area contributed by atoms with Gasteiger partial charge >= 0.3 is 5.97 Å². The zero-order valence-electron chi connectivity index (χ0n) is 11.8. The maximum Gasteiger partial charge on any atom is 0.303 e. The van der Waals surface area contributed by atoms with E-state index in [0.717, 1.165) is 17.2 Å². The molecule has 1 heterocycles. The Hall–Kier alpha value is -2.63. The SMILES string of the molecule is Cc1cccc(-n2nc(CCC(=O)O)c(O)cc2=O)c1C. The molecule has 0 radical (unpaired) electrons. The van der Waals surface area contributed by atoms with Crippen molar-refractivity contribution in [3.8, 4) is 11.4 Å². The Bertz CT molecular complexity index is 750. The molecule has 0 amide bonds. The number of hydrogen-bond donors (Lipinski definition) is 2. The summed E-state index contributed by atoms with van der Waals surface area (Å²) in [6.45, 7) is 3.80. The van der Waals surface area contributed by atoms with E-state index in [1.165, 1.54) is 4.68 Å².